The van der Waals surface area contributed by atoms with Crippen molar-refractivity contribution in [2.45, 2.75) is 64.2 Å². The number of ether oxygens (including phenoxy) is 4. The van der Waals surface area contributed by atoms with E-state index in [1.54, 1.807) is 27.9 Å². The maximum Gasteiger partial charge on any atom is 0.407 e. The van der Waals surface area contributed by atoms with E-state index in [2.05, 4.69) is 31.3 Å². The Balaban J connectivity index is 1.58. The molecule has 0 saturated heterocycles. The van der Waals surface area contributed by atoms with Gasteiger partial charge in [-0.25, -0.2) is 4.79 Å². The van der Waals surface area contributed by atoms with Crippen LogP contribution in [0.5, 0.6) is 17.2 Å². The second-order valence-corrected chi connectivity index (χ2v) is 11.8. The third-order valence-electron chi connectivity index (χ3n) is 7.13. The van der Waals surface area contributed by atoms with Crippen LogP contribution in [0.1, 0.15) is 62.8 Å². The zero-order valence-corrected chi connectivity index (χ0v) is 23.9. The minimum atomic E-state index is -0.656. The van der Waals surface area contributed by atoms with E-state index in [1.807, 2.05) is 54.6 Å². The first-order chi connectivity index (χ1) is 19.0. The van der Waals surface area contributed by atoms with E-state index in [-0.39, 0.29) is 12.5 Å². The van der Waals surface area contributed by atoms with E-state index in [1.165, 1.54) is 0 Å². The lowest BCUT2D eigenvalue weighted by Crippen LogP contribution is -2.42. The molecule has 2 atom stereocenters. The molecule has 2 heterocycles. The molecule has 7 heteroatoms. The predicted molar refractivity (Wildman–Crippen MR) is 154 cm³/mol. The summed E-state index contributed by atoms with van der Waals surface area (Å²) >= 11 is 0. The van der Waals surface area contributed by atoms with E-state index < -0.39 is 23.3 Å². The Hall–Kier alpha value is -3.97. The third kappa shape index (κ3) is 5.52. The fraction of sp³-hybridized carbons (Fsp3) is 0.364. The summed E-state index contributed by atoms with van der Waals surface area (Å²) in [5, 5.41) is 12.8. The molecule has 0 saturated carbocycles. The molecule has 0 radical (unpaired) electrons. The van der Waals surface area contributed by atoms with Crippen LogP contribution in [0.4, 0.5) is 4.79 Å². The Kier molecular flexibility index (Phi) is 7.27. The van der Waals surface area contributed by atoms with Gasteiger partial charge in [-0.15, -0.1) is 0 Å². The number of aliphatic hydroxyl groups excluding tert-OH is 1. The van der Waals surface area contributed by atoms with Crippen molar-refractivity contribution in [1.29, 1.82) is 0 Å². The molecule has 2 aliphatic heterocycles. The van der Waals surface area contributed by atoms with Crippen molar-refractivity contribution in [3.8, 4) is 17.2 Å². The number of carbonyl (C=O) groups excluding carboxylic acids is 1. The Morgan fingerprint density at radius 2 is 1.82 bits per heavy atom. The van der Waals surface area contributed by atoms with Gasteiger partial charge in [-0.2, -0.15) is 0 Å². The van der Waals surface area contributed by atoms with Crippen molar-refractivity contribution in [1.82, 2.24) is 5.32 Å². The molecular weight excluding hydrogens is 506 g/mol. The maximum atomic E-state index is 12.4. The minimum Gasteiger partial charge on any atom is -0.497 e. The summed E-state index contributed by atoms with van der Waals surface area (Å²) in [5.41, 5.74) is 3.64. The number of alkyl carbamates (subject to hydrolysis) is 1. The molecule has 3 aromatic rings. The number of benzene rings is 3. The summed E-state index contributed by atoms with van der Waals surface area (Å²) in [6.07, 6.45) is -0.140. The van der Waals surface area contributed by atoms with Crippen LogP contribution in [0.15, 0.2) is 72.3 Å². The summed E-state index contributed by atoms with van der Waals surface area (Å²) < 4.78 is 24.2. The molecule has 0 fully saturated rings. The van der Waals surface area contributed by atoms with Crippen molar-refractivity contribution in [3.63, 3.8) is 0 Å². The van der Waals surface area contributed by atoms with Gasteiger partial charge in [0.05, 0.1) is 25.3 Å². The number of carbonyl (C=O) groups is 1. The maximum absolute atomic E-state index is 12.4. The highest BCUT2D eigenvalue weighted by Gasteiger charge is 2.45. The summed E-state index contributed by atoms with van der Waals surface area (Å²) in [4.78, 5) is 12.4. The predicted octanol–water partition coefficient (Wildman–Crippen LogP) is 6.23. The molecule has 3 aromatic carbocycles. The Morgan fingerprint density at radius 1 is 1.05 bits per heavy atom. The monoisotopic (exact) mass is 543 g/mol. The van der Waals surface area contributed by atoms with E-state index in [9.17, 15) is 9.90 Å². The van der Waals surface area contributed by atoms with Crippen LogP contribution in [0.3, 0.4) is 0 Å². The first-order valence-corrected chi connectivity index (χ1v) is 13.6. The van der Waals surface area contributed by atoms with E-state index in [4.69, 9.17) is 18.9 Å². The normalized spacial score (nSPS) is 17.8. The molecule has 0 spiro atoms. The highest BCUT2D eigenvalue weighted by molar-refractivity contribution is 5.79. The van der Waals surface area contributed by atoms with Crippen molar-refractivity contribution >= 4 is 11.9 Å². The average Bonchev–Trinajstić information content (AvgIpc) is 2.90. The lowest BCUT2D eigenvalue weighted by atomic mass is 9.73. The highest BCUT2D eigenvalue weighted by Crippen LogP contribution is 2.54. The second kappa shape index (κ2) is 10.5. The first-order valence-electron chi connectivity index (χ1n) is 13.6. The van der Waals surface area contributed by atoms with Crippen molar-refractivity contribution in [2.75, 3.05) is 13.7 Å². The lowest BCUT2D eigenvalue weighted by molar-refractivity contribution is 0.0482. The molecule has 0 aliphatic carbocycles. The molecule has 7 nitrogen and oxygen atoms in total. The quantitative estimate of drug-likeness (QED) is 0.383. The Bertz CT molecular complexity index is 1450. The van der Waals surface area contributed by atoms with Crippen LogP contribution in [-0.4, -0.2) is 42.2 Å². The third-order valence-corrected chi connectivity index (χ3v) is 7.13. The van der Waals surface area contributed by atoms with Crippen LogP contribution in [0.2, 0.25) is 0 Å². The van der Waals surface area contributed by atoms with Gasteiger partial charge in [-0.3, -0.25) is 0 Å². The zero-order valence-electron chi connectivity index (χ0n) is 23.9. The largest absolute Gasteiger partial charge is 0.497 e. The number of aliphatic hydroxyl groups is 1. The molecule has 40 heavy (non-hydrogen) atoms. The SMILES string of the molecule is COc1cccc(C2C3=C(Oc4ccc(C[C@@H](CO)NC(=O)OC(C)(C)C)cc42)c2ccccc2OC3(C)C)c1. The van der Waals surface area contributed by atoms with E-state index in [0.717, 1.165) is 50.8 Å². The summed E-state index contributed by atoms with van der Waals surface area (Å²) in [6.45, 7) is 9.33. The summed E-state index contributed by atoms with van der Waals surface area (Å²) in [5.74, 6) is 2.93. The fourth-order valence-corrected chi connectivity index (χ4v) is 5.48. The van der Waals surface area contributed by atoms with Gasteiger partial charge >= 0.3 is 6.09 Å². The Morgan fingerprint density at radius 3 is 2.55 bits per heavy atom. The van der Waals surface area contributed by atoms with Crippen molar-refractivity contribution in [2.24, 2.45) is 0 Å². The standard InChI is InChI=1S/C33H37NO6/c1-32(2,3)40-31(36)34-22(19-35)16-20-14-15-26-25(17-20)28(21-10-9-11-23(18-21)37-6)29-30(38-26)24-12-7-8-13-27(24)39-33(29,4)5/h7-15,17-18,22,28,35H,16,19H2,1-6H3,(H,34,36)/t22-,28?/m0/s1. The molecule has 2 aliphatic rings. The van der Waals surface area contributed by atoms with Gasteiger partial charge in [0.15, 0.2) is 0 Å². The molecular formula is C33H37NO6. The Labute approximate surface area is 235 Å². The zero-order chi connectivity index (χ0) is 28.7. The van der Waals surface area contributed by atoms with Crippen LogP contribution in [-0.2, 0) is 11.2 Å². The highest BCUT2D eigenvalue weighted by atomic mass is 16.6. The molecule has 5 rings (SSSR count). The van der Waals surface area contributed by atoms with E-state index >= 15 is 0 Å². The number of para-hydroxylation sites is 1. The number of hydrogen-bond acceptors (Lipinski definition) is 6. The molecule has 0 aromatic heterocycles. The van der Waals surface area contributed by atoms with Crippen LogP contribution >= 0.6 is 0 Å². The van der Waals surface area contributed by atoms with Crippen molar-refractivity contribution < 1.29 is 28.8 Å². The number of amides is 1. The van der Waals surface area contributed by atoms with Crippen LogP contribution in [0, 0.1) is 0 Å². The summed E-state index contributed by atoms with van der Waals surface area (Å²) in [7, 11) is 1.66. The van der Waals surface area contributed by atoms with E-state index in [0.29, 0.717) is 6.42 Å². The number of methoxy groups -OCH3 is 1. The molecule has 210 valence electrons. The molecule has 2 N–H and O–H groups in total. The van der Waals surface area contributed by atoms with Crippen LogP contribution < -0.4 is 19.5 Å². The van der Waals surface area contributed by atoms with Gasteiger partial charge in [0.1, 0.15) is 34.2 Å². The van der Waals surface area contributed by atoms with Gasteiger partial charge in [-0.05, 0) is 82.5 Å². The van der Waals surface area contributed by atoms with Gasteiger partial charge in [0.25, 0.3) is 0 Å². The minimum absolute atomic E-state index is 0.177. The van der Waals surface area contributed by atoms with Gasteiger partial charge in [0, 0.05) is 17.1 Å². The van der Waals surface area contributed by atoms with Crippen LogP contribution in [0.25, 0.3) is 5.76 Å². The molecule has 1 unspecified atom stereocenters. The van der Waals surface area contributed by atoms with Gasteiger partial charge in [0.2, 0.25) is 0 Å². The summed E-state index contributed by atoms with van der Waals surface area (Å²) in [6, 6.07) is 21.5. The van der Waals surface area contributed by atoms with Gasteiger partial charge in [-0.1, -0.05) is 36.4 Å². The number of nitrogens with one attached hydrogen (secondary N) is 1. The second-order valence-electron chi connectivity index (χ2n) is 11.8. The van der Waals surface area contributed by atoms with Crippen molar-refractivity contribution in [3.05, 3.63) is 94.6 Å². The average molecular weight is 544 g/mol. The van der Waals surface area contributed by atoms with Gasteiger partial charge < -0.3 is 29.4 Å². The topological polar surface area (TPSA) is 86.2 Å². The number of rotatable bonds is 6. The fourth-order valence-electron chi connectivity index (χ4n) is 5.48. The first kappa shape index (κ1) is 27.6. The lowest BCUT2D eigenvalue weighted by Gasteiger charge is -2.43. The molecule has 0 bridgehead atoms. The number of hydrogen-bond donors (Lipinski definition) is 2. The smallest absolute Gasteiger partial charge is 0.407 e. The molecule has 1 amide bonds. The number of fused-ring (bicyclic) bond motifs is 3.